The summed E-state index contributed by atoms with van der Waals surface area (Å²) in [6.07, 6.45) is 0.760. The van der Waals surface area contributed by atoms with E-state index >= 15 is 0 Å². The van der Waals surface area contributed by atoms with Gasteiger partial charge in [0.25, 0.3) is 0 Å². The van der Waals surface area contributed by atoms with Gasteiger partial charge < -0.3 is 20.1 Å². The van der Waals surface area contributed by atoms with E-state index in [1.165, 1.54) is 0 Å². The quantitative estimate of drug-likeness (QED) is 0.817. The number of hydrogen-bond donors (Lipinski definition) is 1. The Morgan fingerprint density at radius 3 is 2.50 bits per heavy atom. The lowest BCUT2D eigenvalue weighted by atomic mass is 10.1. The van der Waals surface area contributed by atoms with Crippen molar-refractivity contribution < 1.29 is 14.3 Å². The monoisotopic (exact) mass is 362 g/mol. The van der Waals surface area contributed by atoms with Crippen molar-refractivity contribution in [1.29, 1.82) is 0 Å². The zero-order chi connectivity index (χ0) is 18.7. The number of likely N-dealkylation sites (N-methyl/N-ethyl adjacent to an activating group) is 1. The molecule has 2 fully saturated rings. The van der Waals surface area contributed by atoms with Gasteiger partial charge in [-0.2, -0.15) is 0 Å². The van der Waals surface area contributed by atoms with Crippen LogP contribution in [0.4, 0.5) is 0 Å². The lowest BCUT2D eigenvalue weighted by Gasteiger charge is -2.37. The summed E-state index contributed by atoms with van der Waals surface area (Å²) in [6.45, 7) is 4.81. The van der Waals surface area contributed by atoms with Crippen molar-refractivity contribution in [2.45, 2.75) is 25.0 Å². The first-order valence-corrected chi connectivity index (χ1v) is 9.19. The Kier molecular flexibility index (Phi) is 6.01. The van der Waals surface area contributed by atoms with Gasteiger partial charge in [0.1, 0.15) is 11.5 Å². The third-order valence-electron chi connectivity index (χ3n) is 5.43. The zero-order valence-electron chi connectivity index (χ0n) is 16.0. The molecule has 0 unspecified atom stereocenters. The molecule has 0 bridgehead atoms. The Morgan fingerprint density at radius 2 is 1.92 bits per heavy atom. The Labute approximate surface area is 155 Å². The maximum Gasteiger partial charge on any atom is 0.240 e. The summed E-state index contributed by atoms with van der Waals surface area (Å²) in [4.78, 5) is 19.2. The molecular formula is C19H30N4O3. The molecule has 2 N–H and O–H groups in total. The van der Waals surface area contributed by atoms with E-state index in [1.54, 1.807) is 14.2 Å². The normalized spacial score (nSPS) is 24.7. The largest absolute Gasteiger partial charge is 0.497 e. The van der Waals surface area contributed by atoms with Gasteiger partial charge in [0, 0.05) is 50.9 Å². The molecular weight excluding hydrogens is 332 g/mol. The Morgan fingerprint density at radius 1 is 1.19 bits per heavy atom. The minimum Gasteiger partial charge on any atom is -0.497 e. The summed E-state index contributed by atoms with van der Waals surface area (Å²) in [5.74, 6) is 1.92. The van der Waals surface area contributed by atoms with Crippen LogP contribution < -0.4 is 15.2 Å². The number of benzene rings is 1. The maximum atomic E-state index is 12.8. The van der Waals surface area contributed by atoms with E-state index in [4.69, 9.17) is 15.2 Å². The Bertz CT molecular complexity index is 631. The highest BCUT2D eigenvalue weighted by Crippen LogP contribution is 2.26. The maximum absolute atomic E-state index is 12.8. The van der Waals surface area contributed by atoms with Crippen LogP contribution >= 0.6 is 0 Å². The molecule has 0 saturated carbocycles. The van der Waals surface area contributed by atoms with Crippen molar-refractivity contribution in [3.05, 3.63) is 23.8 Å². The number of ether oxygens (including phenoxy) is 2. The van der Waals surface area contributed by atoms with Gasteiger partial charge in [-0.25, -0.2) is 0 Å². The van der Waals surface area contributed by atoms with Crippen LogP contribution in [-0.2, 0) is 11.3 Å². The van der Waals surface area contributed by atoms with Crippen LogP contribution in [-0.4, -0.2) is 86.7 Å². The molecule has 2 aliphatic rings. The van der Waals surface area contributed by atoms with Gasteiger partial charge in [-0.3, -0.25) is 14.6 Å². The van der Waals surface area contributed by atoms with Crippen LogP contribution in [0, 0.1) is 0 Å². The predicted molar refractivity (Wildman–Crippen MR) is 100 cm³/mol. The molecule has 0 aliphatic carbocycles. The molecule has 2 heterocycles. The fraction of sp³-hybridized carbons (Fsp3) is 0.632. The predicted octanol–water partition coefficient (Wildman–Crippen LogP) is 0.379. The number of methoxy groups -OCH3 is 2. The Balaban J connectivity index is 1.56. The third kappa shape index (κ3) is 4.11. The van der Waals surface area contributed by atoms with E-state index in [9.17, 15) is 4.79 Å². The van der Waals surface area contributed by atoms with E-state index in [0.717, 1.165) is 62.8 Å². The van der Waals surface area contributed by atoms with E-state index in [0.29, 0.717) is 0 Å². The van der Waals surface area contributed by atoms with E-state index in [-0.39, 0.29) is 18.0 Å². The summed E-state index contributed by atoms with van der Waals surface area (Å²) < 4.78 is 10.8. The summed E-state index contributed by atoms with van der Waals surface area (Å²) in [5.41, 5.74) is 7.10. The zero-order valence-corrected chi connectivity index (χ0v) is 16.0. The molecule has 1 amide bonds. The number of rotatable bonds is 5. The van der Waals surface area contributed by atoms with Crippen molar-refractivity contribution in [3.8, 4) is 11.5 Å². The molecule has 1 aromatic rings. The standard InChI is InChI=1S/C19H30N4O3/c1-21-13-15(20)11-17(21)19(24)23-8-6-22(7-9-23)12-14-10-16(25-2)4-5-18(14)26-3/h4-5,10,15,17H,6-9,11-13,20H2,1-3H3/t15-,17-/m0/s1. The number of piperazine rings is 1. The number of nitrogens with two attached hydrogens (primary N) is 1. The molecule has 26 heavy (non-hydrogen) atoms. The summed E-state index contributed by atoms with van der Waals surface area (Å²) in [6, 6.07) is 5.91. The smallest absolute Gasteiger partial charge is 0.240 e. The molecule has 2 aliphatic heterocycles. The van der Waals surface area contributed by atoms with Crippen LogP contribution in [0.2, 0.25) is 0 Å². The van der Waals surface area contributed by atoms with Gasteiger partial charge in [-0.05, 0) is 31.7 Å². The molecule has 144 valence electrons. The molecule has 0 spiro atoms. The molecule has 7 heteroatoms. The van der Waals surface area contributed by atoms with Crippen molar-refractivity contribution in [3.63, 3.8) is 0 Å². The van der Waals surface area contributed by atoms with Crippen LogP contribution in [0.15, 0.2) is 18.2 Å². The fourth-order valence-electron chi connectivity index (χ4n) is 3.91. The number of nitrogens with zero attached hydrogens (tertiary/aromatic N) is 3. The van der Waals surface area contributed by atoms with E-state index in [2.05, 4.69) is 9.80 Å². The van der Waals surface area contributed by atoms with Crippen molar-refractivity contribution in [2.24, 2.45) is 5.73 Å². The molecule has 0 aromatic heterocycles. The number of amides is 1. The Hall–Kier alpha value is -1.83. The third-order valence-corrected chi connectivity index (χ3v) is 5.43. The minimum atomic E-state index is -0.0602. The van der Waals surface area contributed by atoms with Crippen molar-refractivity contribution in [2.75, 3.05) is 54.0 Å². The summed E-state index contributed by atoms with van der Waals surface area (Å²) >= 11 is 0. The van der Waals surface area contributed by atoms with Crippen molar-refractivity contribution >= 4 is 5.91 Å². The molecule has 0 radical (unpaired) electrons. The van der Waals surface area contributed by atoms with Gasteiger partial charge in [0.2, 0.25) is 5.91 Å². The average molecular weight is 362 g/mol. The first-order chi connectivity index (χ1) is 12.5. The molecule has 1 aromatic carbocycles. The second kappa shape index (κ2) is 8.24. The second-order valence-electron chi connectivity index (χ2n) is 7.23. The first-order valence-electron chi connectivity index (χ1n) is 9.19. The number of carbonyl (C=O) groups excluding carboxylic acids is 1. The van der Waals surface area contributed by atoms with Crippen LogP contribution in [0.3, 0.4) is 0 Å². The molecule has 2 saturated heterocycles. The SMILES string of the molecule is COc1ccc(OC)c(CN2CCN(C(=O)[C@@H]3C[C@H](N)CN3C)CC2)c1. The topological polar surface area (TPSA) is 71.3 Å². The highest BCUT2D eigenvalue weighted by atomic mass is 16.5. The van der Waals surface area contributed by atoms with Gasteiger partial charge in [0.15, 0.2) is 0 Å². The molecule has 2 atom stereocenters. The average Bonchev–Trinajstić information content (AvgIpc) is 2.99. The lowest BCUT2D eigenvalue weighted by molar-refractivity contribution is -0.137. The van der Waals surface area contributed by atoms with Gasteiger partial charge in [0.05, 0.1) is 20.3 Å². The van der Waals surface area contributed by atoms with Crippen LogP contribution in [0.1, 0.15) is 12.0 Å². The summed E-state index contributed by atoms with van der Waals surface area (Å²) in [5, 5.41) is 0. The minimum absolute atomic E-state index is 0.0602. The highest BCUT2D eigenvalue weighted by Gasteiger charge is 2.36. The molecule has 7 nitrogen and oxygen atoms in total. The first kappa shape index (κ1) is 18.9. The van der Waals surface area contributed by atoms with Gasteiger partial charge in [-0.1, -0.05) is 0 Å². The fourth-order valence-corrected chi connectivity index (χ4v) is 3.91. The highest BCUT2D eigenvalue weighted by molar-refractivity contribution is 5.82. The number of carbonyl (C=O) groups is 1. The van der Waals surface area contributed by atoms with Crippen LogP contribution in [0.25, 0.3) is 0 Å². The molecule has 3 rings (SSSR count). The van der Waals surface area contributed by atoms with E-state index < -0.39 is 0 Å². The van der Waals surface area contributed by atoms with Gasteiger partial charge >= 0.3 is 0 Å². The van der Waals surface area contributed by atoms with Crippen LogP contribution in [0.5, 0.6) is 11.5 Å². The summed E-state index contributed by atoms with van der Waals surface area (Å²) in [7, 11) is 5.34. The van der Waals surface area contributed by atoms with E-state index in [1.807, 2.05) is 30.1 Å². The number of hydrogen-bond acceptors (Lipinski definition) is 6. The second-order valence-corrected chi connectivity index (χ2v) is 7.23. The number of likely N-dealkylation sites (tertiary alicyclic amines) is 1. The van der Waals surface area contributed by atoms with Gasteiger partial charge in [-0.15, -0.1) is 0 Å². The lowest BCUT2D eigenvalue weighted by Crippen LogP contribution is -2.52. The van der Waals surface area contributed by atoms with Crippen molar-refractivity contribution in [1.82, 2.24) is 14.7 Å².